The fourth-order valence-electron chi connectivity index (χ4n) is 2.27. The highest BCUT2D eigenvalue weighted by atomic mass is 32.1. The van der Waals surface area contributed by atoms with Gasteiger partial charge in [0.2, 0.25) is 0 Å². The predicted octanol–water partition coefficient (Wildman–Crippen LogP) is 2.79. The summed E-state index contributed by atoms with van der Waals surface area (Å²) in [5, 5.41) is 2.13. The van der Waals surface area contributed by atoms with Crippen molar-refractivity contribution in [3.63, 3.8) is 0 Å². The topological polar surface area (TPSA) is 29.3 Å². The van der Waals surface area contributed by atoms with E-state index in [-0.39, 0.29) is 6.04 Å². The molecular weight excluding hydrogens is 216 g/mol. The molecule has 0 bridgehead atoms. The third-order valence-corrected chi connectivity index (χ3v) is 4.14. The maximum absolute atomic E-state index is 6.14. The van der Waals surface area contributed by atoms with Crippen molar-refractivity contribution in [1.82, 2.24) is 4.90 Å². The van der Waals surface area contributed by atoms with E-state index in [0.717, 1.165) is 13.1 Å². The Morgan fingerprint density at radius 2 is 2.31 bits per heavy atom. The summed E-state index contributed by atoms with van der Waals surface area (Å²) >= 11 is 1.81. The molecule has 0 amide bonds. The molecule has 2 heterocycles. The van der Waals surface area contributed by atoms with Gasteiger partial charge in [0.25, 0.3) is 0 Å². The summed E-state index contributed by atoms with van der Waals surface area (Å²) in [4.78, 5) is 3.88. The van der Waals surface area contributed by atoms with E-state index in [1.165, 1.54) is 16.9 Å². The van der Waals surface area contributed by atoms with Gasteiger partial charge in [0.1, 0.15) is 0 Å². The lowest BCUT2D eigenvalue weighted by Gasteiger charge is -2.35. The van der Waals surface area contributed by atoms with Crippen LogP contribution in [0, 0.1) is 0 Å². The van der Waals surface area contributed by atoms with E-state index in [9.17, 15) is 0 Å². The number of nitrogens with zero attached hydrogens (tertiary/aromatic N) is 1. The van der Waals surface area contributed by atoms with Crippen molar-refractivity contribution < 1.29 is 0 Å². The van der Waals surface area contributed by atoms with Gasteiger partial charge in [-0.2, -0.15) is 0 Å². The normalized spacial score (nSPS) is 21.6. The molecule has 2 nitrogen and oxygen atoms in total. The molecule has 3 heteroatoms. The molecule has 2 unspecified atom stereocenters. The monoisotopic (exact) mass is 236 g/mol. The van der Waals surface area contributed by atoms with E-state index in [0.29, 0.717) is 6.04 Å². The van der Waals surface area contributed by atoms with E-state index in [1.54, 1.807) is 0 Å². The minimum atomic E-state index is 0.186. The number of rotatable bonds is 3. The van der Waals surface area contributed by atoms with E-state index >= 15 is 0 Å². The molecule has 1 aromatic rings. The molecule has 1 aliphatic heterocycles. The summed E-state index contributed by atoms with van der Waals surface area (Å²) < 4.78 is 0. The Morgan fingerprint density at radius 1 is 1.50 bits per heavy atom. The zero-order chi connectivity index (χ0) is 11.5. The first-order valence-corrected chi connectivity index (χ1v) is 6.75. The molecule has 1 aliphatic rings. The van der Waals surface area contributed by atoms with Crippen molar-refractivity contribution in [2.24, 2.45) is 5.73 Å². The van der Waals surface area contributed by atoms with Crippen LogP contribution in [0.15, 0.2) is 29.2 Å². The van der Waals surface area contributed by atoms with Crippen LogP contribution in [0.5, 0.6) is 0 Å². The molecule has 2 rings (SSSR count). The summed E-state index contributed by atoms with van der Waals surface area (Å²) in [5.74, 6) is 0. The number of nitrogens with two attached hydrogens (primary N) is 1. The van der Waals surface area contributed by atoms with Gasteiger partial charge in [-0.25, -0.2) is 0 Å². The van der Waals surface area contributed by atoms with Crippen LogP contribution < -0.4 is 5.73 Å². The van der Waals surface area contributed by atoms with E-state index in [2.05, 4.69) is 42.3 Å². The van der Waals surface area contributed by atoms with Crippen LogP contribution in [0.2, 0.25) is 0 Å². The Bertz CT molecular complexity index is 354. The van der Waals surface area contributed by atoms with Crippen LogP contribution in [-0.2, 0) is 0 Å². The van der Waals surface area contributed by atoms with Gasteiger partial charge in [-0.1, -0.05) is 17.7 Å². The van der Waals surface area contributed by atoms with Crippen molar-refractivity contribution in [1.29, 1.82) is 0 Å². The molecule has 0 radical (unpaired) electrons. The smallest absolute Gasteiger partial charge is 0.0593 e. The molecule has 2 atom stereocenters. The first-order valence-electron chi connectivity index (χ1n) is 5.87. The van der Waals surface area contributed by atoms with Crippen molar-refractivity contribution in [3.8, 4) is 0 Å². The Hall–Kier alpha value is -0.640. The Kier molecular flexibility index (Phi) is 3.79. The highest BCUT2D eigenvalue weighted by Crippen LogP contribution is 2.29. The van der Waals surface area contributed by atoms with Crippen LogP contribution >= 0.6 is 11.3 Å². The molecular formula is C13H20N2S. The zero-order valence-electron chi connectivity index (χ0n) is 10.0. The van der Waals surface area contributed by atoms with Crippen LogP contribution in [0.3, 0.4) is 0 Å². The average Bonchev–Trinajstić information content (AvgIpc) is 2.74. The second-order valence-corrected chi connectivity index (χ2v) is 5.59. The Labute approximate surface area is 102 Å². The van der Waals surface area contributed by atoms with Gasteiger partial charge in [-0.05, 0) is 31.7 Å². The van der Waals surface area contributed by atoms with E-state index in [4.69, 9.17) is 5.73 Å². The van der Waals surface area contributed by atoms with Gasteiger partial charge in [0, 0.05) is 24.0 Å². The summed E-state index contributed by atoms with van der Waals surface area (Å²) in [6, 6.07) is 4.87. The van der Waals surface area contributed by atoms with Crippen LogP contribution in [0.4, 0.5) is 0 Å². The maximum atomic E-state index is 6.14. The summed E-state index contributed by atoms with van der Waals surface area (Å²) in [6.07, 6.45) is 3.50. The van der Waals surface area contributed by atoms with Crippen LogP contribution in [-0.4, -0.2) is 24.0 Å². The van der Waals surface area contributed by atoms with Crippen LogP contribution in [0.1, 0.15) is 31.2 Å². The second-order valence-electron chi connectivity index (χ2n) is 4.61. The van der Waals surface area contributed by atoms with Gasteiger partial charge in [-0.15, -0.1) is 11.3 Å². The maximum Gasteiger partial charge on any atom is 0.0593 e. The van der Waals surface area contributed by atoms with Crippen molar-refractivity contribution in [2.75, 3.05) is 13.1 Å². The third-order valence-electron chi connectivity index (χ3n) is 3.19. The summed E-state index contributed by atoms with van der Waals surface area (Å²) in [7, 11) is 0. The molecule has 0 spiro atoms. The minimum Gasteiger partial charge on any atom is -0.326 e. The Balaban J connectivity index is 2.15. The van der Waals surface area contributed by atoms with E-state index in [1.807, 2.05) is 11.3 Å². The molecule has 0 fully saturated rings. The molecule has 2 N–H and O–H groups in total. The minimum absolute atomic E-state index is 0.186. The first-order chi connectivity index (χ1) is 7.68. The number of hydrogen-bond acceptors (Lipinski definition) is 3. The average molecular weight is 236 g/mol. The number of thiophene rings is 1. The van der Waals surface area contributed by atoms with E-state index < -0.39 is 0 Å². The molecule has 0 aromatic carbocycles. The van der Waals surface area contributed by atoms with Gasteiger partial charge >= 0.3 is 0 Å². The summed E-state index contributed by atoms with van der Waals surface area (Å²) in [5.41, 5.74) is 7.64. The van der Waals surface area contributed by atoms with Crippen molar-refractivity contribution in [2.45, 2.75) is 32.4 Å². The second kappa shape index (κ2) is 5.13. The quantitative estimate of drug-likeness (QED) is 0.818. The largest absolute Gasteiger partial charge is 0.326 e. The third kappa shape index (κ3) is 2.54. The zero-order valence-corrected chi connectivity index (χ0v) is 10.8. The standard InChI is InChI=1S/C13H20N2S/c1-10-5-7-15(8-6-10)13(11(2)14)12-4-3-9-16-12/h3-5,9,11,13H,6-8,14H2,1-2H3. The lowest BCUT2D eigenvalue weighted by molar-refractivity contribution is 0.193. The fourth-order valence-corrected chi connectivity index (χ4v) is 3.24. The van der Waals surface area contributed by atoms with Crippen LogP contribution in [0.25, 0.3) is 0 Å². The van der Waals surface area contributed by atoms with Crippen molar-refractivity contribution in [3.05, 3.63) is 34.0 Å². The molecule has 88 valence electrons. The Morgan fingerprint density at radius 3 is 2.81 bits per heavy atom. The van der Waals surface area contributed by atoms with Gasteiger partial charge < -0.3 is 5.73 Å². The molecule has 0 saturated heterocycles. The van der Waals surface area contributed by atoms with Crippen molar-refractivity contribution >= 4 is 11.3 Å². The molecule has 0 saturated carbocycles. The lowest BCUT2D eigenvalue weighted by atomic mass is 10.0. The van der Waals surface area contributed by atoms with Gasteiger partial charge in [0.15, 0.2) is 0 Å². The fraction of sp³-hybridized carbons (Fsp3) is 0.538. The van der Waals surface area contributed by atoms with Gasteiger partial charge in [-0.3, -0.25) is 4.90 Å². The number of hydrogen-bond donors (Lipinski definition) is 1. The molecule has 0 aliphatic carbocycles. The molecule has 1 aromatic heterocycles. The SMILES string of the molecule is CC1=CCN(C(c2cccs2)C(C)N)CC1. The molecule has 16 heavy (non-hydrogen) atoms. The predicted molar refractivity (Wildman–Crippen MR) is 70.7 cm³/mol. The summed E-state index contributed by atoms with van der Waals surface area (Å²) in [6.45, 7) is 6.49. The lowest BCUT2D eigenvalue weighted by Crippen LogP contribution is -2.41. The first kappa shape index (κ1) is 11.8. The highest BCUT2D eigenvalue weighted by Gasteiger charge is 2.25. The van der Waals surface area contributed by atoms with Gasteiger partial charge in [0.05, 0.1) is 6.04 Å². The highest BCUT2D eigenvalue weighted by molar-refractivity contribution is 7.10.